The maximum Gasteiger partial charge on any atom is 0.0348 e. The Bertz CT molecular complexity index is 521. The number of hydrogen-bond acceptors (Lipinski definition) is 1. The second-order valence-electron chi connectivity index (χ2n) is 6.86. The summed E-state index contributed by atoms with van der Waals surface area (Å²) in [5, 5.41) is 1.38. The van der Waals surface area contributed by atoms with E-state index < -0.39 is 0 Å². The van der Waals surface area contributed by atoms with Gasteiger partial charge in [-0.2, -0.15) is 0 Å². The molecule has 1 heterocycles. The van der Waals surface area contributed by atoms with Crippen molar-refractivity contribution in [2.24, 2.45) is 0 Å². The molecule has 0 saturated heterocycles. The van der Waals surface area contributed by atoms with Gasteiger partial charge in [-0.05, 0) is 33.9 Å². The van der Waals surface area contributed by atoms with Crippen LogP contribution in [-0.2, 0) is 10.8 Å². The molecule has 0 aliphatic carbocycles. The van der Waals surface area contributed by atoms with Crippen LogP contribution in [0.15, 0.2) is 24.3 Å². The second-order valence-corrected chi connectivity index (χ2v) is 7.95. The number of hydrogen-bond donors (Lipinski definition) is 0. The molecular formula is C16H22S. The number of benzene rings is 1. The quantitative estimate of drug-likeness (QED) is 0.576. The Balaban J connectivity index is 2.56. The van der Waals surface area contributed by atoms with Crippen molar-refractivity contribution in [2.75, 3.05) is 0 Å². The summed E-state index contributed by atoms with van der Waals surface area (Å²) < 4.78 is 1.42. The lowest BCUT2D eigenvalue weighted by molar-refractivity contribution is 0.591. The maximum absolute atomic E-state index is 2.36. The first kappa shape index (κ1) is 12.6. The fraction of sp³-hybridized carbons (Fsp3) is 0.500. The van der Waals surface area contributed by atoms with Gasteiger partial charge in [0.05, 0.1) is 0 Å². The first-order chi connectivity index (χ1) is 7.68. The van der Waals surface area contributed by atoms with E-state index in [0.717, 1.165) is 0 Å². The van der Waals surface area contributed by atoms with Gasteiger partial charge in [0.15, 0.2) is 0 Å². The molecule has 0 atom stereocenters. The molecule has 0 N–H and O–H groups in total. The van der Waals surface area contributed by atoms with Crippen molar-refractivity contribution < 1.29 is 0 Å². The van der Waals surface area contributed by atoms with Gasteiger partial charge in [-0.15, -0.1) is 11.3 Å². The van der Waals surface area contributed by atoms with Crippen molar-refractivity contribution in [1.29, 1.82) is 0 Å². The van der Waals surface area contributed by atoms with Gasteiger partial charge in [-0.25, -0.2) is 0 Å². The van der Waals surface area contributed by atoms with Gasteiger partial charge in [-0.3, -0.25) is 0 Å². The highest BCUT2D eigenvalue weighted by Crippen LogP contribution is 2.36. The van der Waals surface area contributed by atoms with E-state index in [1.165, 1.54) is 20.5 Å². The lowest BCUT2D eigenvalue weighted by Crippen LogP contribution is -2.10. The monoisotopic (exact) mass is 246 g/mol. The standard InChI is InChI=1S/C16H22S/c1-15(2,3)12-8-7-11-9-14(16(4,5)6)17-13(11)10-12/h7-10H,1-6H3. The molecule has 0 spiro atoms. The van der Waals surface area contributed by atoms with Gasteiger partial charge < -0.3 is 0 Å². The molecule has 0 fully saturated rings. The molecule has 0 radical (unpaired) electrons. The average Bonchev–Trinajstić information content (AvgIpc) is 2.57. The predicted octanol–water partition coefficient (Wildman–Crippen LogP) is 5.50. The van der Waals surface area contributed by atoms with Crippen LogP contribution in [0.5, 0.6) is 0 Å². The van der Waals surface area contributed by atoms with E-state index >= 15 is 0 Å². The molecule has 0 aliphatic rings. The van der Waals surface area contributed by atoms with Crippen molar-refractivity contribution in [1.82, 2.24) is 0 Å². The fourth-order valence-electron chi connectivity index (χ4n) is 1.87. The molecular weight excluding hydrogens is 224 g/mol. The van der Waals surface area contributed by atoms with Crippen LogP contribution >= 0.6 is 11.3 Å². The Morgan fingerprint density at radius 1 is 0.824 bits per heavy atom. The maximum atomic E-state index is 2.36. The van der Waals surface area contributed by atoms with Crippen LogP contribution < -0.4 is 0 Å². The minimum atomic E-state index is 0.236. The summed E-state index contributed by atoms with van der Waals surface area (Å²) in [6, 6.07) is 9.23. The topological polar surface area (TPSA) is 0 Å². The Morgan fingerprint density at radius 2 is 1.47 bits per heavy atom. The van der Waals surface area contributed by atoms with E-state index in [0.29, 0.717) is 0 Å². The van der Waals surface area contributed by atoms with E-state index in [2.05, 4.69) is 65.8 Å². The van der Waals surface area contributed by atoms with Crippen LogP contribution in [0, 0.1) is 0 Å². The molecule has 92 valence electrons. The molecule has 1 heteroatoms. The lowest BCUT2D eigenvalue weighted by Gasteiger charge is -2.18. The van der Waals surface area contributed by atoms with Crippen LogP contribution in [0.25, 0.3) is 10.1 Å². The van der Waals surface area contributed by atoms with Crippen LogP contribution in [0.2, 0.25) is 0 Å². The van der Waals surface area contributed by atoms with Gasteiger partial charge in [0.1, 0.15) is 0 Å². The van der Waals surface area contributed by atoms with Gasteiger partial charge in [-0.1, -0.05) is 53.7 Å². The average molecular weight is 246 g/mol. The minimum absolute atomic E-state index is 0.236. The van der Waals surface area contributed by atoms with Crippen molar-refractivity contribution in [3.05, 3.63) is 34.7 Å². The van der Waals surface area contributed by atoms with Crippen LogP contribution in [0.1, 0.15) is 52.0 Å². The molecule has 1 aromatic heterocycles. The third-order valence-electron chi connectivity index (χ3n) is 3.13. The molecule has 0 aliphatic heterocycles. The molecule has 2 aromatic rings. The summed E-state index contributed by atoms with van der Waals surface area (Å²) >= 11 is 1.93. The molecule has 17 heavy (non-hydrogen) atoms. The van der Waals surface area contributed by atoms with Crippen LogP contribution in [0.3, 0.4) is 0 Å². The van der Waals surface area contributed by atoms with E-state index in [1.54, 1.807) is 0 Å². The third-order valence-corrected chi connectivity index (χ3v) is 4.65. The van der Waals surface area contributed by atoms with Crippen molar-refractivity contribution in [3.63, 3.8) is 0 Å². The van der Waals surface area contributed by atoms with Gasteiger partial charge in [0.25, 0.3) is 0 Å². The Labute approximate surface area is 109 Å². The highest BCUT2D eigenvalue weighted by Gasteiger charge is 2.18. The van der Waals surface area contributed by atoms with E-state index in [-0.39, 0.29) is 10.8 Å². The summed E-state index contributed by atoms with van der Waals surface area (Å²) in [6.07, 6.45) is 0. The molecule has 1 aromatic carbocycles. The first-order valence-electron chi connectivity index (χ1n) is 6.22. The number of thiophene rings is 1. The van der Waals surface area contributed by atoms with Crippen molar-refractivity contribution in [2.45, 2.75) is 52.4 Å². The molecule has 2 rings (SSSR count). The van der Waals surface area contributed by atoms with E-state index in [9.17, 15) is 0 Å². The fourth-order valence-corrected chi connectivity index (χ4v) is 3.03. The van der Waals surface area contributed by atoms with Crippen molar-refractivity contribution in [3.8, 4) is 0 Å². The number of fused-ring (bicyclic) bond motifs is 1. The normalized spacial score (nSPS) is 13.3. The predicted molar refractivity (Wildman–Crippen MR) is 79.2 cm³/mol. The zero-order valence-corrected chi connectivity index (χ0v) is 12.5. The Kier molecular flexibility index (Phi) is 2.86. The highest BCUT2D eigenvalue weighted by atomic mass is 32.1. The summed E-state index contributed by atoms with van der Waals surface area (Å²) in [4.78, 5) is 1.47. The highest BCUT2D eigenvalue weighted by molar-refractivity contribution is 7.19. The largest absolute Gasteiger partial charge is 0.140 e. The van der Waals surface area contributed by atoms with Crippen LogP contribution in [-0.4, -0.2) is 0 Å². The molecule has 0 bridgehead atoms. The summed E-state index contributed by atoms with van der Waals surface area (Å²) in [5.41, 5.74) is 1.92. The minimum Gasteiger partial charge on any atom is -0.140 e. The number of rotatable bonds is 0. The smallest absolute Gasteiger partial charge is 0.0348 e. The zero-order chi connectivity index (χ0) is 12.8. The first-order valence-corrected chi connectivity index (χ1v) is 7.04. The SMILES string of the molecule is CC(C)(C)c1ccc2cc(C(C)(C)C)sc2c1. The van der Waals surface area contributed by atoms with E-state index in [4.69, 9.17) is 0 Å². The third kappa shape index (κ3) is 2.55. The summed E-state index contributed by atoms with van der Waals surface area (Å²) in [5.74, 6) is 0. The Morgan fingerprint density at radius 3 is 2.00 bits per heavy atom. The van der Waals surface area contributed by atoms with Gasteiger partial charge in [0, 0.05) is 9.58 Å². The lowest BCUT2D eigenvalue weighted by atomic mass is 9.87. The molecule has 0 unspecified atom stereocenters. The van der Waals surface area contributed by atoms with Gasteiger partial charge in [0.2, 0.25) is 0 Å². The van der Waals surface area contributed by atoms with Crippen molar-refractivity contribution >= 4 is 21.4 Å². The van der Waals surface area contributed by atoms with Gasteiger partial charge >= 0.3 is 0 Å². The summed E-state index contributed by atoms with van der Waals surface area (Å²) in [7, 11) is 0. The molecule has 0 nitrogen and oxygen atoms in total. The Hall–Kier alpha value is -0.820. The molecule has 0 amide bonds. The zero-order valence-electron chi connectivity index (χ0n) is 11.7. The van der Waals surface area contributed by atoms with Crippen LogP contribution in [0.4, 0.5) is 0 Å². The van der Waals surface area contributed by atoms with E-state index in [1.807, 2.05) is 11.3 Å². The summed E-state index contributed by atoms with van der Waals surface area (Å²) in [6.45, 7) is 13.7. The second kappa shape index (κ2) is 3.84. The molecule has 0 saturated carbocycles.